The predicted molar refractivity (Wildman–Crippen MR) is 82.3 cm³/mol. The van der Waals surface area contributed by atoms with E-state index in [0.717, 1.165) is 26.2 Å². The molecule has 0 radical (unpaired) electrons. The number of rotatable bonds is 7. The minimum absolute atomic E-state index is 0.0632. The lowest BCUT2D eigenvalue weighted by molar-refractivity contribution is -0.104. The Kier molecular flexibility index (Phi) is 7.97. The molecule has 0 bridgehead atoms. The summed E-state index contributed by atoms with van der Waals surface area (Å²) in [6, 6.07) is 0.363. The highest BCUT2D eigenvalue weighted by molar-refractivity contribution is 5.77. The molecule has 21 heavy (non-hydrogen) atoms. The van der Waals surface area contributed by atoms with Gasteiger partial charge in [0.2, 0.25) is 0 Å². The molecular formula is C16H25NO4. The van der Waals surface area contributed by atoms with Crippen molar-refractivity contribution in [1.29, 1.82) is 0 Å². The van der Waals surface area contributed by atoms with Crippen LogP contribution in [0.25, 0.3) is 0 Å². The van der Waals surface area contributed by atoms with Gasteiger partial charge in [0.1, 0.15) is 5.76 Å². The van der Waals surface area contributed by atoms with E-state index in [9.17, 15) is 9.90 Å². The minimum atomic E-state index is -0.130. The number of hydrogen-bond donors (Lipinski definition) is 1. The zero-order valence-electron chi connectivity index (χ0n) is 12.8. The average Bonchev–Trinajstić information content (AvgIpc) is 2.68. The fourth-order valence-electron chi connectivity index (χ4n) is 1.93. The highest BCUT2D eigenvalue weighted by Gasteiger charge is 2.18. The Morgan fingerprint density at radius 3 is 3.05 bits per heavy atom. The van der Waals surface area contributed by atoms with Crippen LogP contribution in [-0.2, 0) is 14.3 Å². The van der Waals surface area contributed by atoms with E-state index in [2.05, 4.69) is 18.5 Å². The molecule has 1 unspecified atom stereocenters. The van der Waals surface area contributed by atoms with Crippen LogP contribution in [-0.4, -0.2) is 61.9 Å². The molecule has 0 spiro atoms. The van der Waals surface area contributed by atoms with E-state index in [1.165, 1.54) is 6.08 Å². The van der Waals surface area contributed by atoms with Crippen LogP contribution in [0.2, 0.25) is 0 Å². The van der Waals surface area contributed by atoms with Crippen molar-refractivity contribution < 1.29 is 19.4 Å². The lowest BCUT2D eigenvalue weighted by Gasteiger charge is -2.25. The van der Waals surface area contributed by atoms with Crippen LogP contribution >= 0.6 is 0 Å². The Morgan fingerprint density at radius 1 is 1.57 bits per heavy atom. The minimum Gasteiger partial charge on any atom is -0.507 e. The molecule has 1 aliphatic rings. The van der Waals surface area contributed by atoms with Crippen molar-refractivity contribution in [2.75, 3.05) is 33.4 Å². The first-order chi connectivity index (χ1) is 10.0. The molecule has 1 fully saturated rings. The Labute approximate surface area is 126 Å². The van der Waals surface area contributed by atoms with E-state index in [0.29, 0.717) is 18.9 Å². The summed E-state index contributed by atoms with van der Waals surface area (Å²) in [5.41, 5.74) is 0.0632. The molecule has 1 rings (SSSR count). The quantitative estimate of drug-likeness (QED) is 0.336. The smallest absolute Gasteiger partial charge is 0.153 e. The highest BCUT2D eigenvalue weighted by Crippen LogP contribution is 2.09. The van der Waals surface area contributed by atoms with Gasteiger partial charge in [0.05, 0.1) is 19.3 Å². The van der Waals surface area contributed by atoms with Crippen molar-refractivity contribution in [3.63, 3.8) is 0 Å². The van der Waals surface area contributed by atoms with Crippen molar-refractivity contribution in [3.8, 4) is 0 Å². The third kappa shape index (κ3) is 6.71. The molecule has 0 aliphatic carbocycles. The second-order valence-electron chi connectivity index (χ2n) is 5.15. The highest BCUT2D eigenvalue weighted by atomic mass is 16.5. The second-order valence-corrected chi connectivity index (χ2v) is 5.15. The number of carbonyl (C=O) groups is 1. The van der Waals surface area contributed by atoms with Gasteiger partial charge in [-0.3, -0.25) is 9.69 Å². The van der Waals surface area contributed by atoms with E-state index in [1.54, 1.807) is 6.08 Å². The third-order valence-electron chi connectivity index (χ3n) is 3.47. The van der Waals surface area contributed by atoms with Gasteiger partial charge in [0.15, 0.2) is 6.29 Å². The topological polar surface area (TPSA) is 59.0 Å². The average molecular weight is 295 g/mol. The number of hydrogen-bond acceptors (Lipinski definition) is 5. The zero-order chi connectivity index (χ0) is 15.7. The summed E-state index contributed by atoms with van der Waals surface area (Å²) in [6.07, 6.45) is 6.32. The van der Waals surface area contributed by atoms with E-state index in [-0.39, 0.29) is 17.4 Å². The first-order valence-electron chi connectivity index (χ1n) is 7.16. The molecule has 1 aliphatic heterocycles. The SMILES string of the molecule is C=C(C=O)/C(O)=C\C=C/C(C)OC[C@@H]1CCOCCN1C. The molecule has 0 aromatic carbocycles. The van der Waals surface area contributed by atoms with Crippen molar-refractivity contribution in [2.45, 2.75) is 25.5 Å². The summed E-state index contributed by atoms with van der Waals surface area (Å²) in [4.78, 5) is 12.7. The van der Waals surface area contributed by atoms with Gasteiger partial charge in [-0.15, -0.1) is 0 Å². The zero-order valence-corrected chi connectivity index (χ0v) is 12.8. The third-order valence-corrected chi connectivity index (χ3v) is 3.47. The fraction of sp³-hybridized carbons (Fsp3) is 0.562. The molecule has 5 heteroatoms. The molecular weight excluding hydrogens is 270 g/mol. The summed E-state index contributed by atoms with van der Waals surface area (Å²) in [7, 11) is 2.08. The molecule has 0 amide bonds. The van der Waals surface area contributed by atoms with Crippen molar-refractivity contribution in [1.82, 2.24) is 4.90 Å². The van der Waals surface area contributed by atoms with Crippen LogP contribution in [0.5, 0.6) is 0 Å². The second kappa shape index (κ2) is 9.50. The Hall–Kier alpha value is -1.43. The van der Waals surface area contributed by atoms with Gasteiger partial charge in [0.25, 0.3) is 0 Å². The molecule has 1 heterocycles. The largest absolute Gasteiger partial charge is 0.507 e. The Balaban J connectivity index is 2.37. The normalized spacial score (nSPS) is 23.0. The number of likely N-dealkylation sites (N-methyl/N-ethyl adjacent to an activating group) is 1. The first-order valence-corrected chi connectivity index (χ1v) is 7.16. The van der Waals surface area contributed by atoms with Gasteiger partial charge < -0.3 is 14.6 Å². The number of allylic oxidation sites excluding steroid dienone is 3. The van der Waals surface area contributed by atoms with E-state index >= 15 is 0 Å². The van der Waals surface area contributed by atoms with Crippen molar-refractivity contribution in [3.05, 3.63) is 36.1 Å². The summed E-state index contributed by atoms with van der Waals surface area (Å²) in [6.45, 7) is 8.45. The monoisotopic (exact) mass is 295 g/mol. The maximum absolute atomic E-state index is 10.4. The van der Waals surface area contributed by atoms with Crippen LogP contribution < -0.4 is 0 Å². The van der Waals surface area contributed by atoms with E-state index in [1.807, 2.05) is 13.0 Å². The molecule has 1 saturated heterocycles. The standard InChI is InChI=1S/C16H25NO4/c1-13(11-18)16(19)6-4-5-14(2)21-12-15-7-9-20-10-8-17(15)3/h4-6,11,14-15,19H,1,7-10,12H2,2-3H3/b5-4-,16-6+/t14?,15-/m0/s1. The summed E-state index contributed by atoms with van der Waals surface area (Å²) < 4.78 is 11.2. The lowest BCUT2D eigenvalue weighted by Crippen LogP contribution is -2.36. The number of carbonyl (C=O) groups excluding carboxylic acids is 1. The molecule has 0 aromatic heterocycles. The van der Waals surface area contributed by atoms with Crippen LogP contribution in [0.15, 0.2) is 36.1 Å². The molecule has 118 valence electrons. The molecule has 0 aromatic rings. The Morgan fingerprint density at radius 2 is 2.33 bits per heavy atom. The lowest BCUT2D eigenvalue weighted by atomic mass is 10.2. The fourth-order valence-corrected chi connectivity index (χ4v) is 1.93. The molecule has 1 N–H and O–H groups in total. The van der Waals surface area contributed by atoms with Gasteiger partial charge in [-0.25, -0.2) is 0 Å². The molecule has 0 saturated carbocycles. The van der Waals surface area contributed by atoms with Crippen LogP contribution in [0.1, 0.15) is 13.3 Å². The summed E-state index contributed by atoms with van der Waals surface area (Å²) >= 11 is 0. The number of nitrogens with zero attached hydrogens (tertiary/aromatic N) is 1. The number of aldehydes is 1. The van der Waals surface area contributed by atoms with Crippen molar-refractivity contribution >= 4 is 6.29 Å². The summed E-state index contributed by atoms with van der Waals surface area (Å²) in [5.74, 6) is -0.130. The van der Waals surface area contributed by atoms with Gasteiger partial charge in [-0.05, 0) is 26.5 Å². The molecule has 5 nitrogen and oxygen atoms in total. The maximum Gasteiger partial charge on any atom is 0.153 e. The summed E-state index contributed by atoms with van der Waals surface area (Å²) in [5, 5.41) is 9.45. The van der Waals surface area contributed by atoms with Crippen LogP contribution in [0.3, 0.4) is 0 Å². The van der Waals surface area contributed by atoms with Gasteiger partial charge in [0, 0.05) is 24.8 Å². The van der Waals surface area contributed by atoms with Crippen LogP contribution in [0.4, 0.5) is 0 Å². The number of aliphatic hydroxyl groups excluding tert-OH is 1. The molecule has 2 atom stereocenters. The van der Waals surface area contributed by atoms with Gasteiger partial charge in [-0.1, -0.05) is 18.7 Å². The number of ether oxygens (including phenoxy) is 2. The van der Waals surface area contributed by atoms with E-state index in [4.69, 9.17) is 9.47 Å². The first kappa shape index (κ1) is 17.6. The van der Waals surface area contributed by atoms with Gasteiger partial charge >= 0.3 is 0 Å². The Bertz CT molecular complexity index is 403. The predicted octanol–water partition coefficient (Wildman–Crippen LogP) is 1.87. The van der Waals surface area contributed by atoms with Gasteiger partial charge in [-0.2, -0.15) is 0 Å². The number of aliphatic hydroxyl groups is 1. The van der Waals surface area contributed by atoms with E-state index < -0.39 is 0 Å². The van der Waals surface area contributed by atoms with Crippen molar-refractivity contribution in [2.24, 2.45) is 0 Å². The maximum atomic E-state index is 10.4. The van der Waals surface area contributed by atoms with Crippen LogP contribution in [0, 0.1) is 0 Å².